The first-order valence-corrected chi connectivity index (χ1v) is 8.18. The van der Waals surface area contributed by atoms with Crippen LogP contribution in [0.4, 0.5) is 4.39 Å². The number of rotatable bonds is 6. The summed E-state index contributed by atoms with van der Waals surface area (Å²) in [5, 5.41) is 3.30. The number of nitrogens with one attached hydrogen (secondary N) is 1. The highest BCUT2D eigenvalue weighted by molar-refractivity contribution is 7.98. The van der Waals surface area contributed by atoms with Crippen molar-refractivity contribution in [3.8, 4) is 11.6 Å². The minimum absolute atomic E-state index is 0.0339. The predicted molar refractivity (Wildman–Crippen MR) is 82.4 cm³/mol. The smallest absolute Gasteiger partial charge is 0.256 e. The summed E-state index contributed by atoms with van der Waals surface area (Å²) in [7, 11) is 0. The monoisotopic (exact) mass is 304 g/mol. The zero-order valence-electron chi connectivity index (χ0n) is 11.8. The Bertz CT molecular complexity index is 631. The molecule has 110 valence electrons. The normalized spacial score (nSPS) is 14.2. The first-order chi connectivity index (χ1) is 10.3. The summed E-state index contributed by atoms with van der Waals surface area (Å²) in [6, 6.07) is 9.79. The van der Waals surface area contributed by atoms with Crippen molar-refractivity contribution in [2.45, 2.75) is 30.3 Å². The highest BCUT2D eigenvalue weighted by Crippen LogP contribution is 2.32. The molecule has 0 bridgehead atoms. The lowest BCUT2D eigenvalue weighted by Gasteiger charge is -2.11. The van der Waals surface area contributed by atoms with Gasteiger partial charge in [-0.05, 0) is 37.3 Å². The molecule has 1 saturated carbocycles. The predicted octanol–water partition coefficient (Wildman–Crippen LogP) is 3.99. The molecule has 1 fully saturated rings. The van der Waals surface area contributed by atoms with Gasteiger partial charge in [-0.25, -0.2) is 9.37 Å². The second kappa shape index (κ2) is 6.45. The van der Waals surface area contributed by atoms with Crippen LogP contribution in [-0.4, -0.2) is 17.3 Å². The molecule has 0 saturated heterocycles. The van der Waals surface area contributed by atoms with Crippen molar-refractivity contribution in [1.82, 2.24) is 10.3 Å². The minimum atomic E-state index is -0.387. The molecule has 1 heterocycles. The van der Waals surface area contributed by atoms with Gasteiger partial charge in [0.05, 0.1) is 0 Å². The maximum atomic E-state index is 14.4. The molecule has 0 atom stereocenters. The molecule has 2 aromatic rings. The first kappa shape index (κ1) is 14.4. The van der Waals surface area contributed by atoms with E-state index in [9.17, 15) is 4.39 Å². The van der Waals surface area contributed by atoms with Gasteiger partial charge in [0.15, 0.2) is 5.82 Å². The van der Waals surface area contributed by atoms with E-state index in [-0.39, 0.29) is 11.7 Å². The van der Waals surface area contributed by atoms with Crippen LogP contribution in [-0.2, 0) is 6.54 Å². The summed E-state index contributed by atoms with van der Waals surface area (Å²) in [5.74, 6) is 0.275. The van der Waals surface area contributed by atoms with Crippen LogP contribution < -0.4 is 10.1 Å². The highest BCUT2D eigenvalue weighted by Gasteiger charge is 2.21. The fourth-order valence-electron chi connectivity index (χ4n) is 2.02. The first-order valence-electron chi connectivity index (χ1n) is 6.95. The summed E-state index contributed by atoms with van der Waals surface area (Å²) < 4.78 is 20.1. The Labute approximate surface area is 127 Å². The van der Waals surface area contributed by atoms with Crippen LogP contribution in [0.3, 0.4) is 0 Å². The van der Waals surface area contributed by atoms with E-state index in [1.165, 1.54) is 12.8 Å². The van der Waals surface area contributed by atoms with E-state index in [4.69, 9.17) is 4.74 Å². The molecule has 0 amide bonds. The Hall–Kier alpha value is -1.59. The van der Waals surface area contributed by atoms with Gasteiger partial charge in [0.25, 0.3) is 5.88 Å². The molecular formula is C16H17FN2OS. The van der Waals surface area contributed by atoms with Crippen molar-refractivity contribution in [3.63, 3.8) is 0 Å². The Balaban J connectivity index is 1.79. The molecule has 3 nitrogen and oxygen atoms in total. The molecule has 0 radical (unpaired) electrons. The zero-order chi connectivity index (χ0) is 14.7. The molecule has 1 aliphatic carbocycles. The fraction of sp³-hybridized carbons (Fsp3) is 0.312. The van der Waals surface area contributed by atoms with Crippen LogP contribution in [0.5, 0.6) is 11.6 Å². The standard InChI is InChI=1S/C16H17FN2OS/c1-21-14-5-3-2-4-13(14)20-16-15(17)11(8-9-18-16)10-19-12-6-7-12/h2-5,8-9,12,19H,6-7,10H2,1H3. The number of aromatic nitrogens is 1. The van der Waals surface area contributed by atoms with Gasteiger partial charge in [-0.15, -0.1) is 11.8 Å². The second-order valence-corrected chi connectivity index (χ2v) is 5.85. The van der Waals surface area contributed by atoms with Crippen molar-refractivity contribution >= 4 is 11.8 Å². The number of halogens is 1. The molecule has 0 spiro atoms. The number of pyridine rings is 1. The number of thioether (sulfide) groups is 1. The van der Waals surface area contributed by atoms with E-state index in [0.29, 0.717) is 23.9 Å². The third-order valence-electron chi connectivity index (χ3n) is 3.37. The maximum absolute atomic E-state index is 14.4. The summed E-state index contributed by atoms with van der Waals surface area (Å²) in [4.78, 5) is 4.98. The molecule has 5 heteroatoms. The third kappa shape index (κ3) is 3.54. The summed E-state index contributed by atoms with van der Waals surface area (Å²) in [6.45, 7) is 0.513. The maximum Gasteiger partial charge on any atom is 0.256 e. The van der Waals surface area contributed by atoms with E-state index >= 15 is 0 Å². The van der Waals surface area contributed by atoms with Gasteiger partial charge >= 0.3 is 0 Å². The van der Waals surface area contributed by atoms with Crippen molar-refractivity contribution < 1.29 is 9.13 Å². The Morgan fingerprint density at radius 2 is 2.14 bits per heavy atom. The molecule has 21 heavy (non-hydrogen) atoms. The molecule has 0 aliphatic heterocycles. The lowest BCUT2D eigenvalue weighted by atomic mass is 10.2. The number of nitrogens with zero attached hydrogens (tertiary/aromatic N) is 1. The second-order valence-electron chi connectivity index (χ2n) is 5.00. The quantitative estimate of drug-likeness (QED) is 0.818. The summed E-state index contributed by atoms with van der Waals surface area (Å²) in [6.07, 6.45) is 5.90. The topological polar surface area (TPSA) is 34.1 Å². The van der Waals surface area contributed by atoms with Crippen molar-refractivity contribution in [2.75, 3.05) is 6.26 Å². The van der Waals surface area contributed by atoms with Gasteiger partial charge in [0.2, 0.25) is 0 Å². The van der Waals surface area contributed by atoms with Crippen LogP contribution in [0.2, 0.25) is 0 Å². The van der Waals surface area contributed by atoms with Crippen LogP contribution in [0.15, 0.2) is 41.4 Å². The Kier molecular flexibility index (Phi) is 4.41. The highest BCUT2D eigenvalue weighted by atomic mass is 32.2. The molecule has 0 unspecified atom stereocenters. The molecule has 3 rings (SSSR count). The van der Waals surface area contributed by atoms with Crippen molar-refractivity contribution in [3.05, 3.63) is 47.9 Å². The Morgan fingerprint density at radius 3 is 2.90 bits per heavy atom. The molecular weight excluding hydrogens is 287 g/mol. The lowest BCUT2D eigenvalue weighted by Crippen LogP contribution is -2.16. The molecule has 1 aromatic carbocycles. The lowest BCUT2D eigenvalue weighted by molar-refractivity contribution is 0.410. The average molecular weight is 304 g/mol. The van der Waals surface area contributed by atoms with Crippen LogP contribution in [0.1, 0.15) is 18.4 Å². The number of hydrogen-bond acceptors (Lipinski definition) is 4. The van der Waals surface area contributed by atoms with Gasteiger partial charge in [0.1, 0.15) is 5.75 Å². The van der Waals surface area contributed by atoms with Gasteiger partial charge in [-0.2, -0.15) is 0 Å². The van der Waals surface area contributed by atoms with E-state index < -0.39 is 0 Å². The largest absolute Gasteiger partial charge is 0.435 e. The van der Waals surface area contributed by atoms with E-state index in [1.807, 2.05) is 30.5 Å². The summed E-state index contributed by atoms with van der Waals surface area (Å²) >= 11 is 1.56. The minimum Gasteiger partial charge on any atom is -0.435 e. The van der Waals surface area contributed by atoms with Crippen LogP contribution in [0, 0.1) is 5.82 Å². The number of hydrogen-bond donors (Lipinski definition) is 1. The molecule has 1 aromatic heterocycles. The van der Waals surface area contributed by atoms with E-state index in [2.05, 4.69) is 10.3 Å². The number of para-hydroxylation sites is 1. The van der Waals surface area contributed by atoms with Gasteiger partial charge < -0.3 is 10.1 Å². The SMILES string of the molecule is CSc1ccccc1Oc1nccc(CNC2CC2)c1F. The van der Waals surface area contributed by atoms with Crippen LogP contribution in [0.25, 0.3) is 0 Å². The van der Waals surface area contributed by atoms with Gasteiger partial charge in [0, 0.05) is 29.2 Å². The summed E-state index contributed by atoms with van der Waals surface area (Å²) in [5.41, 5.74) is 0.591. The van der Waals surface area contributed by atoms with E-state index in [1.54, 1.807) is 24.0 Å². The number of ether oxygens (including phenoxy) is 1. The fourth-order valence-corrected chi connectivity index (χ4v) is 2.54. The van der Waals surface area contributed by atoms with E-state index in [0.717, 1.165) is 4.90 Å². The van der Waals surface area contributed by atoms with Crippen molar-refractivity contribution in [2.24, 2.45) is 0 Å². The van der Waals surface area contributed by atoms with Crippen molar-refractivity contribution in [1.29, 1.82) is 0 Å². The van der Waals surface area contributed by atoms with Crippen LogP contribution >= 0.6 is 11.8 Å². The van der Waals surface area contributed by atoms with Gasteiger partial charge in [-0.1, -0.05) is 12.1 Å². The Morgan fingerprint density at radius 1 is 1.33 bits per heavy atom. The third-order valence-corrected chi connectivity index (χ3v) is 4.15. The molecule has 1 N–H and O–H groups in total. The molecule has 1 aliphatic rings. The van der Waals surface area contributed by atoms with Gasteiger partial charge in [-0.3, -0.25) is 0 Å². The zero-order valence-corrected chi connectivity index (χ0v) is 12.6. The number of benzene rings is 1. The average Bonchev–Trinajstić information content (AvgIpc) is 3.33.